The average Bonchev–Trinajstić information content (AvgIpc) is 2.50. The van der Waals surface area contributed by atoms with Crippen LogP contribution in [0.5, 0.6) is 5.75 Å². The van der Waals surface area contributed by atoms with E-state index in [-0.39, 0.29) is 17.8 Å². The van der Waals surface area contributed by atoms with Crippen LogP contribution in [-0.2, 0) is 17.8 Å². The fourth-order valence-electron chi connectivity index (χ4n) is 2.55. The number of aromatic nitrogens is 1. The van der Waals surface area contributed by atoms with Crippen molar-refractivity contribution in [1.29, 1.82) is 0 Å². The Morgan fingerprint density at radius 2 is 2.05 bits per heavy atom. The Kier molecular flexibility index (Phi) is 6.38. The van der Waals surface area contributed by atoms with E-state index in [4.69, 9.17) is 9.84 Å². The predicted octanol–water partition coefficient (Wildman–Crippen LogP) is -0.690. The zero-order valence-electron chi connectivity index (χ0n) is 13.1. The molecular weight excluding hydrogens is 286 g/mol. The molecule has 0 radical (unpaired) electrons. The van der Waals surface area contributed by atoms with E-state index in [2.05, 4.69) is 4.90 Å². The summed E-state index contributed by atoms with van der Waals surface area (Å²) in [5, 5.41) is 18.7. The molecule has 1 aliphatic rings. The Balaban J connectivity index is 2.06. The normalized spacial score (nSPS) is 16.3. The lowest BCUT2D eigenvalue weighted by Crippen LogP contribution is -2.38. The van der Waals surface area contributed by atoms with Crippen LogP contribution in [0.25, 0.3) is 0 Å². The van der Waals surface area contributed by atoms with Gasteiger partial charge in [0.25, 0.3) is 0 Å². The molecule has 2 N–H and O–H groups in total. The van der Waals surface area contributed by atoms with Crippen molar-refractivity contribution < 1.29 is 14.9 Å². The lowest BCUT2D eigenvalue weighted by Gasteiger charge is -2.27. The first-order chi connectivity index (χ1) is 10.6. The number of morpholine rings is 1. The first-order valence-corrected chi connectivity index (χ1v) is 7.62. The highest BCUT2D eigenvalue weighted by molar-refractivity contribution is 5.20. The monoisotopic (exact) mass is 311 g/mol. The first kappa shape index (κ1) is 17.0. The van der Waals surface area contributed by atoms with E-state index >= 15 is 0 Å². The summed E-state index contributed by atoms with van der Waals surface area (Å²) in [7, 11) is 1.89. The molecule has 1 fully saturated rings. The zero-order chi connectivity index (χ0) is 15.9. The van der Waals surface area contributed by atoms with Gasteiger partial charge in [-0.05, 0) is 7.05 Å². The third kappa shape index (κ3) is 4.81. The molecule has 1 saturated heterocycles. The second kappa shape index (κ2) is 8.28. The van der Waals surface area contributed by atoms with Crippen molar-refractivity contribution >= 4 is 0 Å². The smallest absolute Gasteiger partial charge is 0.223 e. The van der Waals surface area contributed by atoms with Crippen molar-refractivity contribution in [2.75, 3.05) is 53.0 Å². The number of hydrogen-bond donors (Lipinski definition) is 2. The van der Waals surface area contributed by atoms with Crippen molar-refractivity contribution in [3.05, 3.63) is 28.2 Å². The van der Waals surface area contributed by atoms with Gasteiger partial charge in [-0.25, -0.2) is 0 Å². The van der Waals surface area contributed by atoms with Gasteiger partial charge < -0.3 is 19.5 Å². The van der Waals surface area contributed by atoms with Crippen LogP contribution in [0.15, 0.2) is 17.1 Å². The molecule has 124 valence electrons. The minimum atomic E-state index is -0.366. The first-order valence-electron chi connectivity index (χ1n) is 7.62. The summed E-state index contributed by atoms with van der Waals surface area (Å²) >= 11 is 0. The van der Waals surface area contributed by atoms with Crippen molar-refractivity contribution in [3.8, 4) is 5.75 Å². The number of aliphatic hydroxyl groups excluding tert-OH is 1. The van der Waals surface area contributed by atoms with Crippen LogP contribution in [0.2, 0.25) is 0 Å². The molecule has 0 aliphatic carbocycles. The van der Waals surface area contributed by atoms with Gasteiger partial charge in [-0.15, -0.1) is 0 Å². The standard InChI is InChI=1S/C15H25N3O4/c1-16(4-7-19)11-13-10-14(20)15(21)12-18(13)3-2-17-5-8-22-9-6-17/h10,12,19,21H,2-9,11H2,1H3. The molecule has 0 saturated carbocycles. The topological polar surface area (TPSA) is 78.2 Å². The highest BCUT2D eigenvalue weighted by atomic mass is 16.5. The van der Waals surface area contributed by atoms with Crippen LogP contribution < -0.4 is 5.43 Å². The molecule has 0 atom stereocenters. The van der Waals surface area contributed by atoms with Gasteiger partial charge in [-0.2, -0.15) is 0 Å². The summed E-state index contributed by atoms with van der Waals surface area (Å²) in [6.45, 7) is 6.05. The fraction of sp³-hybridized carbons (Fsp3) is 0.667. The van der Waals surface area contributed by atoms with Gasteiger partial charge in [-0.1, -0.05) is 0 Å². The summed E-state index contributed by atoms with van der Waals surface area (Å²) in [4.78, 5) is 15.9. The van der Waals surface area contributed by atoms with Crippen LogP contribution in [0.1, 0.15) is 5.69 Å². The Hall–Kier alpha value is -1.41. The van der Waals surface area contributed by atoms with Gasteiger partial charge in [0.1, 0.15) is 0 Å². The minimum absolute atomic E-state index is 0.0760. The van der Waals surface area contributed by atoms with E-state index in [9.17, 15) is 9.90 Å². The number of rotatable bonds is 7. The van der Waals surface area contributed by atoms with E-state index < -0.39 is 0 Å². The maximum atomic E-state index is 11.7. The largest absolute Gasteiger partial charge is 0.503 e. The molecule has 0 unspecified atom stereocenters. The third-order valence-electron chi connectivity index (χ3n) is 3.87. The molecule has 0 aromatic carbocycles. The summed E-state index contributed by atoms with van der Waals surface area (Å²) in [6.07, 6.45) is 1.50. The van der Waals surface area contributed by atoms with Gasteiger partial charge in [0.15, 0.2) is 5.75 Å². The molecule has 1 aliphatic heterocycles. The van der Waals surface area contributed by atoms with E-state index in [1.165, 1.54) is 12.3 Å². The summed E-state index contributed by atoms with van der Waals surface area (Å²) in [6, 6.07) is 1.47. The second-order valence-electron chi connectivity index (χ2n) is 5.62. The Labute approximate surface area is 130 Å². The molecule has 1 aromatic heterocycles. The maximum absolute atomic E-state index is 11.7. The van der Waals surface area contributed by atoms with Crippen LogP contribution >= 0.6 is 0 Å². The number of aliphatic hydroxyl groups is 1. The number of aromatic hydroxyl groups is 1. The third-order valence-corrected chi connectivity index (χ3v) is 3.87. The fourth-order valence-corrected chi connectivity index (χ4v) is 2.55. The van der Waals surface area contributed by atoms with Crippen LogP contribution in [0.4, 0.5) is 0 Å². The number of ether oxygens (including phenoxy) is 1. The molecule has 7 heteroatoms. The minimum Gasteiger partial charge on any atom is -0.503 e. The lowest BCUT2D eigenvalue weighted by atomic mass is 10.3. The Bertz CT molecular complexity index is 526. The highest BCUT2D eigenvalue weighted by Crippen LogP contribution is 2.08. The predicted molar refractivity (Wildman–Crippen MR) is 83.0 cm³/mol. The van der Waals surface area contributed by atoms with E-state index in [1.54, 1.807) is 0 Å². The van der Waals surface area contributed by atoms with Crippen LogP contribution in [-0.4, -0.2) is 77.6 Å². The zero-order valence-corrected chi connectivity index (χ0v) is 13.1. The number of pyridine rings is 1. The molecule has 0 spiro atoms. The number of hydrogen-bond acceptors (Lipinski definition) is 6. The van der Waals surface area contributed by atoms with Gasteiger partial charge >= 0.3 is 0 Å². The van der Waals surface area contributed by atoms with Gasteiger partial charge in [0.05, 0.1) is 26.0 Å². The van der Waals surface area contributed by atoms with Gasteiger partial charge in [0.2, 0.25) is 5.43 Å². The van der Waals surface area contributed by atoms with Crippen molar-refractivity contribution in [2.24, 2.45) is 0 Å². The summed E-state index contributed by atoms with van der Waals surface area (Å²) in [5.74, 6) is -0.226. The maximum Gasteiger partial charge on any atom is 0.223 e. The Morgan fingerprint density at radius 3 is 2.73 bits per heavy atom. The van der Waals surface area contributed by atoms with Crippen molar-refractivity contribution in [1.82, 2.24) is 14.4 Å². The SMILES string of the molecule is CN(CCO)Cc1cc(=O)c(O)cn1CCN1CCOCC1. The van der Waals surface area contributed by atoms with Crippen molar-refractivity contribution in [2.45, 2.75) is 13.1 Å². The van der Waals surface area contributed by atoms with Gasteiger partial charge in [-0.3, -0.25) is 14.6 Å². The quantitative estimate of drug-likeness (QED) is 0.694. The molecule has 22 heavy (non-hydrogen) atoms. The van der Waals surface area contributed by atoms with Crippen molar-refractivity contribution in [3.63, 3.8) is 0 Å². The van der Waals surface area contributed by atoms with Gasteiger partial charge in [0, 0.05) is 51.0 Å². The summed E-state index contributed by atoms with van der Waals surface area (Å²) < 4.78 is 7.25. The van der Waals surface area contributed by atoms with Crippen LogP contribution in [0, 0.1) is 0 Å². The molecule has 2 rings (SSSR count). The molecule has 7 nitrogen and oxygen atoms in total. The average molecular weight is 311 g/mol. The second-order valence-corrected chi connectivity index (χ2v) is 5.62. The molecule has 2 heterocycles. The van der Waals surface area contributed by atoms with E-state index in [1.807, 2.05) is 16.5 Å². The van der Waals surface area contributed by atoms with E-state index in [0.717, 1.165) is 38.5 Å². The lowest BCUT2D eigenvalue weighted by molar-refractivity contribution is 0.0362. The molecular formula is C15H25N3O4. The highest BCUT2D eigenvalue weighted by Gasteiger charge is 2.12. The molecule has 0 bridgehead atoms. The number of likely N-dealkylation sites (N-methyl/N-ethyl adjacent to an activating group) is 1. The van der Waals surface area contributed by atoms with E-state index in [0.29, 0.717) is 19.6 Å². The number of nitrogens with zero attached hydrogens (tertiary/aromatic N) is 3. The molecule has 1 aromatic rings. The van der Waals surface area contributed by atoms with Crippen LogP contribution in [0.3, 0.4) is 0 Å². The molecule has 0 amide bonds. The Morgan fingerprint density at radius 1 is 1.32 bits per heavy atom. The summed E-state index contributed by atoms with van der Waals surface area (Å²) in [5.41, 5.74) is 0.474.